The number of nitrogens with two attached hydrogens (primary N) is 1. The van der Waals surface area contributed by atoms with Gasteiger partial charge in [-0.1, -0.05) is 51.7 Å². The van der Waals surface area contributed by atoms with Crippen LogP contribution in [0.4, 0.5) is 11.5 Å². The van der Waals surface area contributed by atoms with E-state index in [4.69, 9.17) is 18.0 Å². The van der Waals surface area contributed by atoms with Crippen LogP contribution in [0, 0.1) is 11.8 Å². The van der Waals surface area contributed by atoms with E-state index < -0.39 is 11.2 Å². The van der Waals surface area contributed by atoms with Gasteiger partial charge in [-0.3, -0.25) is 19.1 Å². The maximum Gasteiger partial charge on any atom is 0.330 e. The lowest BCUT2D eigenvalue weighted by atomic mass is 10.2. The van der Waals surface area contributed by atoms with Crippen LogP contribution in [-0.4, -0.2) is 51.1 Å². The number of nitrogens with one attached hydrogen (secondary N) is 1. The first-order valence-electron chi connectivity index (χ1n) is 8.72. The summed E-state index contributed by atoms with van der Waals surface area (Å²) in [4.78, 5) is 42.9. The van der Waals surface area contributed by atoms with Gasteiger partial charge in [0.2, 0.25) is 5.91 Å². The Kier molecular flexibility index (Phi) is 8.55. The molecule has 10 heteroatoms. The van der Waals surface area contributed by atoms with Gasteiger partial charge in [-0.15, -0.1) is 0 Å². The highest BCUT2D eigenvalue weighted by Gasteiger charge is 2.25. The number of carbonyl (C=O) groups is 1. The van der Waals surface area contributed by atoms with Crippen molar-refractivity contribution in [3.8, 4) is 0 Å². The van der Waals surface area contributed by atoms with Gasteiger partial charge < -0.3 is 15.5 Å². The number of nitrogens with zero attached hydrogens (tertiary/aromatic N) is 3. The average Bonchev–Trinajstić information content (AvgIpc) is 2.54. The molecule has 1 aromatic rings. The van der Waals surface area contributed by atoms with E-state index in [0.717, 1.165) is 0 Å². The Bertz CT molecular complexity index is 799. The lowest BCUT2D eigenvalue weighted by Gasteiger charge is -2.26. The summed E-state index contributed by atoms with van der Waals surface area (Å²) in [5, 5.41) is 0. The second-order valence-electron chi connectivity index (χ2n) is 7.34. The van der Waals surface area contributed by atoms with Gasteiger partial charge in [0, 0.05) is 27.2 Å². The number of thioether (sulfide) groups is 1. The molecule has 0 bridgehead atoms. The molecule has 1 rings (SSSR count). The Labute approximate surface area is 169 Å². The molecule has 0 spiro atoms. The van der Waals surface area contributed by atoms with E-state index in [-0.39, 0.29) is 35.0 Å². The third-order valence-electron chi connectivity index (χ3n) is 3.56. The smallest absolute Gasteiger partial charge is 0.330 e. The third kappa shape index (κ3) is 6.39. The number of hydrogen-bond acceptors (Lipinski definition) is 6. The number of aromatic nitrogens is 2. The van der Waals surface area contributed by atoms with E-state index in [1.807, 2.05) is 27.7 Å². The van der Waals surface area contributed by atoms with Crippen molar-refractivity contribution >= 4 is 45.7 Å². The molecule has 0 aliphatic carbocycles. The Morgan fingerprint density at radius 2 is 1.81 bits per heavy atom. The molecule has 152 valence electrons. The van der Waals surface area contributed by atoms with Gasteiger partial charge >= 0.3 is 5.69 Å². The lowest BCUT2D eigenvalue weighted by Crippen LogP contribution is -2.43. The highest BCUT2D eigenvalue weighted by molar-refractivity contribution is 8.23. The fraction of sp³-hybridized carbons (Fsp3) is 0.647. The van der Waals surface area contributed by atoms with Crippen molar-refractivity contribution in [2.24, 2.45) is 11.8 Å². The zero-order valence-electron chi connectivity index (χ0n) is 16.7. The number of hydrogen-bond donors (Lipinski definition) is 2. The van der Waals surface area contributed by atoms with Gasteiger partial charge in [0.1, 0.15) is 10.1 Å². The van der Waals surface area contributed by atoms with Crippen LogP contribution in [0.5, 0.6) is 0 Å². The number of thiocarbonyl (C=S) groups is 1. The molecule has 0 aromatic carbocycles. The van der Waals surface area contributed by atoms with Crippen molar-refractivity contribution in [3.05, 3.63) is 20.8 Å². The average molecular weight is 416 g/mol. The zero-order valence-corrected chi connectivity index (χ0v) is 18.4. The summed E-state index contributed by atoms with van der Waals surface area (Å²) in [7, 11) is 3.60. The molecule has 0 unspecified atom stereocenters. The minimum Gasteiger partial charge on any atom is -0.383 e. The molecule has 0 saturated heterocycles. The quantitative estimate of drug-likeness (QED) is 0.648. The van der Waals surface area contributed by atoms with E-state index in [1.165, 1.54) is 21.2 Å². The number of anilines is 2. The number of rotatable bonds is 7. The first-order chi connectivity index (χ1) is 12.5. The molecule has 1 amide bonds. The van der Waals surface area contributed by atoms with E-state index in [0.29, 0.717) is 17.4 Å². The fourth-order valence-electron chi connectivity index (χ4n) is 2.40. The number of aromatic amines is 1. The van der Waals surface area contributed by atoms with Crippen molar-refractivity contribution in [1.29, 1.82) is 0 Å². The predicted molar refractivity (Wildman–Crippen MR) is 117 cm³/mol. The maximum atomic E-state index is 12.9. The molecule has 27 heavy (non-hydrogen) atoms. The number of amides is 1. The summed E-state index contributed by atoms with van der Waals surface area (Å²) in [6, 6.07) is 0. The minimum atomic E-state index is -0.660. The number of carbonyl (C=O) groups excluding carboxylic acids is 1. The molecule has 0 fully saturated rings. The minimum absolute atomic E-state index is 0.00614. The van der Waals surface area contributed by atoms with E-state index >= 15 is 0 Å². The summed E-state index contributed by atoms with van der Waals surface area (Å²) in [5.41, 5.74) is 4.94. The second kappa shape index (κ2) is 9.93. The number of nitrogen functional groups attached to an aromatic ring is 1. The van der Waals surface area contributed by atoms with Crippen LogP contribution in [0.3, 0.4) is 0 Å². The summed E-state index contributed by atoms with van der Waals surface area (Å²) < 4.78 is 1.87. The van der Waals surface area contributed by atoms with Crippen molar-refractivity contribution in [2.45, 2.75) is 34.2 Å². The van der Waals surface area contributed by atoms with E-state index in [2.05, 4.69) is 4.98 Å². The Morgan fingerprint density at radius 1 is 1.22 bits per heavy atom. The molecular weight excluding hydrogens is 386 g/mol. The van der Waals surface area contributed by atoms with Gasteiger partial charge in [0.05, 0.1) is 5.75 Å². The number of H-pyrrole nitrogens is 1. The molecule has 3 N–H and O–H groups in total. The SMILES string of the molecule is CC(C)CN(C(=O)CSC(=S)N(C)C)c1c(N)n(CC(C)C)c(=O)[nH]c1=O. The van der Waals surface area contributed by atoms with Crippen LogP contribution in [0.2, 0.25) is 0 Å². The first kappa shape index (κ1) is 23.2. The molecule has 0 saturated carbocycles. The van der Waals surface area contributed by atoms with E-state index in [9.17, 15) is 14.4 Å². The first-order valence-corrected chi connectivity index (χ1v) is 10.1. The molecule has 1 heterocycles. The molecule has 1 aromatic heterocycles. The molecular formula is C17H29N5O3S2. The largest absolute Gasteiger partial charge is 0.383 e. The Morgan fingerprint density at radius 3 is 2.30 bits per heavy atom. The Balaban J connectivity index is 3.35. The third-order valence-corrected chi connectivity index (χ3v) is 5.29. The maximum absolute atomic E-state index is 12.9. The molecule has 8 nitrogen and oxygen atoms in total. The van der Waals surface area contributed by atoms with Crippen LogP contribution in [0.1, 0.15) is 27.7 Å². The van der Waals surface area contributed by atoms with Crippen LogP contribution in [-0.2, 0) is 11.3 Å². The van der Waals surface area contributed by atoms with Crippen molar-refractivity contribution in [1.82, 2.24) is 14.5 Å². The fourth-order valence-corrected chi connectivity index (χ4v) is 3.24. The summed E-state index contributed by atoms with van der Waals surface area (Å²) in [6.45, 7) is 8.40. The van der Waals surface area contributed by atoms with Crippen LogP contribution in [0.25, 0.3) is 0 Å². The van der Waals surface area contributed by atoms with Gasteiger partial charge in [0.15, 0.2) is 5.69 Å². The molecule has 0 aliphatic heterocycles. The molecule has 0 radical (unpaired) electrons. The summed E-state index contributed by atoms with van der Waals surface area (Å²) in [5.74, 6) is 0.0397. The van der Waals surface area contributed by atoms with Gasteiger partial charge in [0.25, 0.3) is 5.56 Å². The Hall–Kier alpha value is -1.81. The normalized spacial score (nSPS) is 11.1. The van der Waals surface area contributed by atoms with Crippen LogP contribution < -0.4 is 21.9 Å². The van der Waals surface area contributed by atoms with E-state index in [1.54, 1.807) is 19.0 Å². The molecule has 0 aliphatic rings. The summed E-state index contributed by atoms with van der Waals surface area (Å²) in [6.07, 6.45) is 0. The summed E-state index contributed by atoms with van der Waals surface area (Å²) >= 11 is 6.42. The van der Waals surface area contributed by atoms with Crippen LogP contribution in [0.15, 0.2) is 9.59 Å². The highest BCUT2D eigenvalue weighted by Crippen LogP contribution is 2.21. The second-order valence-corrected chi connectivity index (χ2v) is 8.95. The van der Waals surface area contributed by atoms with Crippen molar-refractivity contribution < 1.29 is 4.79 Å². The van der Waals surface area contributed by atoms with Gasteiger partial charge in [-0.2, -0.15) is 0 Å². The van der Waals surface area contributed by atoms with Crippen molar-refractivity contribution in [3.63, 3.8) is 0 Å². The topological polar surface area (TPSA) is 104 Å². The van der Waals surface area contributed by atoms with Crippen LogP contribution >= 0.6 is 24.0 Å². The predicted octanol–water partition coefficient (Wildman–Crippen LogP) is 1.34. The lowest BCUT2D eigenvalue weighted by molar-refractivity contribution is -0.116. The zero-order chi connectivity index (χ0) is 20.9. The van der Waals surface area contributed by atoms with Gasteiger partial charge in [-0.25, -0.2) is 4.79 Å². The monoisotopic (exact) mass is 415 g/mol. The van der Waals surface area contributed by atoms with Gasteiger partial charge in [-0.05, 0) is 11.8 Å². The van der Waals surface area contributed by atoms with Crippen molar-refractivity contribution in [2.75, 3.05) is 37.0 Å². The molecule has 0 atom stereocenters. The highest BCUT2D eigenvalue weighted by atomic mass is 32.2. The standard InChI is InChI=1S/C17H29N5O3S2/c1-10(2)7-21(12(23)9-27-17(26)20(5)6)13-14(18)22(8-11(3)4)16(25)19-15(13)24/h10-11H,7-9,18H2,1-6H3,(H,19,24,25).